The fourth-order valence-corrected chi connectivity index (χ4v) is 1.14. The van der Waals surface area contributed by atoms with Crippen molar-refractivity contribution in [3.05, 3.63) is 30.1 Å². The molecule has 4 heteroatoms. The Labute approximate surface area is 101 Å². The molecule has 0 aromatic heterocycles. The van der Waals surface area contributed by atoms with Crippen LogP contribution in [0.1, 0.15) is 27.2 Å². The lowest BCUT2D eigenvalue weighted by atomic mass is 9.93. The number of amides is 1. The summed E-state index contributed by atoms with van der Waals surface area (Å²) in [6.07, 6.45) is 0.282. The van der Waals surface area contributed by atoms with Crippen LogP contribution < -0.4 is 5.32 Å². The van der Waals surface area contributed by atoms with Gasteiger partial charge in [0, 0.05) is 5.69 Å². The van der Waals surface area contributed by atoms with Gasteiger partial charge in [0.15, 0.2) is 0 Å². The summed E-state index contributed by atoms with van der Waals surface area (Å²) in [6, 6.07) is 5.54. The molecule has 0 fully saturated rings. The molecule has 0 bridgehead atoms. The molecule has 0 aliphatic rings. The van der Waals surface area contributed by atoms with E-state index in [1.54, 1.807) is 0 Å². The van der Waals surface area contributed by atoms with Gasteiger partial charge in [-0.15, -0.1) is 0 Å². The van der Waals surface area contributed by atoms with Crippen LogP contribution in [0.15, 0.2) is 24.3 Å². The Morgan fingerprint density at radius 1 is 1.29 bits per heavy atom. The average molecular weight is 239 g/mol. The van der Waals surface area contributed by atoms with Gasteiger partial charge < -0.3 is 4.74 Å². The molecule has 0 saturated heterocycles. The van der Waals surface area contributed by atoms with Crippen LogP contribution in [0.5, 0.6) is 0 Å². The highest BCUT2D eigenvalue weighted by Crippen LogP contribution is 2.18. The number of carbonyl (C=O) groups is 1. The minimum absolute atomic E-state index is 0.135. The summed E-state index contributed by atoms with van der Waals surface area (Å²) in [4.78, 5) is 11.4. The molecule has 1 aromatic rings. The van der Waals surface area contributed by atoms with E-state index in [4.69, 9.17) is 4.74 Å². The van der Waals surface area contributed by atoms with E-state index in [9.17, 15) is 9.18 Å². The van der Waals surface area contributed by atoms with Crippen LogP contribution in [0, 0.1) is 11.2 Å². The Bertz CT molecular complexity index is 368. The maximum atomic E-state index is 12.6. The van der Waals surface area contributed by atoms with Crippen molar-refractivity contribution in [3.63, 3.8) is 0 Å². The molecule has 94 valence electrons. The second-order valence-corrected chi connectivity index (χ2v) is 5.08. The van der Waals surface area contributed by atoms with Crippen molar-refractivity contribution in [2.75, 3.05) is 11.9 Å². The molecule has 0 saturated carbocycles. The lowest BCUT2D eigenvalue weighted by Crippen LogP contribution is -2.17. The summed E-state index contributed by atoms with van der Waals surface area (Å²) in [5, 5.41) is 2.53. The van der Waals surface area contributed by atoms with Gasteiger partial charge in [0.2, 0.25) is 0 Å². The molecule has 1 rings (SSSR count). The predicted molar refractivity (Wildman–Crippen MR) is 65.4 cm³/mol. The second kappa shape index (κ2) is 5.66. The zero-order chi connectivity index (χ0) is 12.9. The lowest BCUT2D eigenvalue weighted by Gasteiger charge is -2.17. The third-order valence-corrected chi connectivity index (χ3v) is 2.18. The molecule has 0 aliphatic heterocycles. The average Bonchev–Trinajstić information content (AvgIpc) is 2.19. The van der Waals surface area contributed by atoms with Crippen molar-refractivity contribution in [2.24, 2.45) is 5.41 Å². The maximum Gasteiger partial charge on any atom is 0.411 e. The molecule has 17 heavy (non-hydrogen) atoms. The Kier molecular flexibility index (Phi) is 4.49. The van der Waals surface area contributed by atoms with Crippen LogP contribution in [-0.2, 0) is 4.74 Å². The normalized spacial score (nSPS) is 11.1. The van der Waals surface area contributed by atoms with Gasteiger partial charge in [-0.2, -0.15) is 0 Å². The zero-order valence-corrected chi connectivity index (χ0v) is 10.4. The molecule has 3 nitrogen and oxygen atoms in total. The number of anilines is 1. The monoisotopic (exact) mass is 239 g/mol. The number of hydrogen-bond donors (Lipinski definition) is 1. The smallest absolute Gasteiger partial charge is 0.411 e. The third-order valence-electron chi connectivity index (χ3n) is 2.18. The summed E-state index contributed by atoms with van der Waals surface area (Å²) >= 11 is 0. The van der Waals surface area contributed by atoms with Gasteiger partial charge in [0.25, 0.3) is 0 Å². The first-order valence-electron chi connectivity index (χ1n) is 5.56. The lowest BCUT2D eigenvalue weighted by molar-refractivity contribution is 0.145. The van der Waals surface area contributed by atoms with Crippen molar-refractivity contribution >= 4 is 11.8 Å². The molecular formula is C13H18FNO2. The highest BCUT2D eigenvalue weighted by Gasteiger charge is 2.11. The summed E-state index contributed by atoms with van der Waals surface area (Å²) in [6.45, 7) is 6.60. The van der Waals surface area contributed by atoms with Crippen molar-refractivity contribution in [2.45, 2.75) is 27.2 Å². The first-order chi connectivity index (χ1) is 7.87. The van der Waals surface area contributed by atoms with Crippen LogP contribution in [-0.4, -0.2) is 12.7 Å². The van der Waals surface area contributed by atoms with E-state index in [0.29, 0.717) is 12.3 Å². The Morgan fingerprint density at radius 2 is 1.88 bits per heavy atom. The van der Waals surface area contributed by atoms with E-state index >= 15 is 0 Å². The van der Waals surface area contributed by atoms with Gasteiger partial charge in [-0.25, -0.2) is 9.18 Å². The van der Waals surface area contributed by atoms with Gasteiger partial charge in [-0.1, -0.05) is 20.8 Å². The number of ether oxygens (including phenoxy) is 1. The Morgan fingerprint density at radius 3 is 2.41 bits per heavy atom. The van der Waals surface area contributed by atoms with Crippen molar-refractivity contribution in [1.82, 2.24) is 0 Å². The summed E-state index contributed by atoms with van der Waals surface area (Å²) in [5.74, 6) is -0.336. The molecule has 0 radical (unpaired) electrons. The number of carbonyl (C=O) groups excluding carboxylic acids is 1. The Balaban J connectivity index is 2.32. The van der Waals surface area contributed by atoms with Gasteiger partial charge in [0.1, 0.15) is 5.82 Å². The van der Waals surface area contributed by atoms with Gasteiger partial charge >= 0.3 is 6.09 Å². The minimum atomic E-state index is -0.513. The Hall–Kier alpha value is -1.58. The molecule has 1 amide bonds. The highest BCUT2D eigenvalue weighted by molar-refractivity contribution is 5.84. The summed E-state index contributed by atoms with van der Waals surface area (Å²) < 4.78 is 17.6. The van der Waals surface area contributed by atoms with E-state index in [0.717, 1.165) is 6.42 Å². The number of halogens is 1. The van der Waals surface area contributed by atoms with Gasteiger partial charge in [0.05, 0.1) is 6.61 Å². The van der Waals surface area contributed by atoms with Crippen LogP contribution in [0.4, 0.5) is 14.9 Å². The van der Waals surface area contributed by atoms with Gasteiger partial charge in [-0.3, -0.25) is 5.32 Å². The largest absolute Gasteiger partial charge is 0.449 e. The highest BCUT2D eigenvalue weighted by atomic mass is 19.1. The van der Waals surface area contributed by atoms with Crippen molar-refractivity contribution in [3.8, 4) is 0 Å². The first kappa shape index (κ1) is 13.5. The SMILES string of the molecule is CC(C)(C)CCOC(=O)Nc1ccc(F)cc1. The van der Waals surface area contributed by atoms with Crippen LogP contribution >= 0.6 is 0 Å². The molecule has 1 aromatic carbocycles. The number of benzene rings is 1. The third kappa shape index (κ3) is 5.90. The molecule has 0 spiro atoms. The van der Waals surface area contributed by atoms with E-state index < -0.39 is 6.09 Å². The minimum Gasteiger partial charge on any atom is -0.449 e. The summed E-state index contributed by atoms with van der Waals surface area (Å²) in [7, 11) is 0. The molecule has 0 unspecified atom stereocenters. The molecule has 0 heterocycles. The molecule has 1 N–H and O–H groups in total. The topological polar surface area (TPSA) is 38.3 Å². The second-order valence-electron chi connectivity index (χ2n) is 5.08. The number of nitrogens with one attached hydrogen (secondary N) is 1. The van der Waals surface area contributed by atoms with E-state index in [1.165, 1.54) is 24.3 Å². The van der Waals surface area contributed by atoms with Crippen molar-refractivity contribution in [1.29, 1.82) is 0 Å². The standard InChI is InChI=1S/C13H18FNO2/c1-13(2,3)8-9-17-12(16)15-11-6-4-10(14)5-7-11/h4-7H,8-9H2,1-3H3,(H,15,16). The predicted octanol–water partition coefficient (Wildman–Crippen LogP) is 3.81. The quantitative estimate of drug-likeness (QED) is 0.871. The van der Waals surface area contributed by atoms with E-state index in [1.807, 2.05) is 0 Å². The fourth-order valence-electron chi connectivity index (χ4n) is 1.14. The van der Waals surface area contributed by atoms with E-state index in [-0.39, 0.29) is 11.2 Å². The number of hydrogen-bond acceptors (Lipinski definition) is 2. The fraction of sp³-hybridized carbons (Fsp3) is 0.462. The summed E-state index contributed by atoms with van der Waals surface area (Å²) in [5.41, 5.74) is 0.656. The maximum absolute atomic E-state index is 12.6. The van der Waals surface area contributed by atoms with Crippen molar-refractivity contribution < 1.29 is 13.9 Å². The van der Waals surface area contributed by atoms with E-state index in [2.05, 4.69) is 26.1 Å². The zero-order valence-electron chi connectivity index (χ0n) is 10.4. The molecular weight excluding hydrogens is 221 g/mol. The number of rotatable bonds is 3. The molecule has 0 aliphatic carbocycles. The van der Waals surface area contributed by atoms with Gasteiger partial charge in [-0.05, 0) is 36.1 Å². The van der Waals surface area contributed by atoms with Crippen LogP contribution in [0.25, 0.3) is 0 Å². The van der Waals surface area contributed by atoms with Crippen LogP contribution in [0.3, 0.4) is 0 Å². The molecule has 0 atom stereocenters. The van der Waals surface area contributed by atoms with Crippen LogP contribution in [0.2, 0.25) is 0 Å². The first-order valence-corrected chi connectivity index (χ1v) is 5.56.